The molecule has 154 valence electrons. The average molecular weight is 393 g/mol. The zero-order valence-corrected chi connectivity index (χ0v) is 17.6. The summed E-state index contributed by atoms with van der Waals surface area (Å²) in [6.45, 7) is 6.99. The van der Waals surface area contributed by atoms with Gasteiger partial charge in [0, 0.05) is 55.8 Å². The lowest BCUT2D eigenvalue weighted by molar-refractivity contribution is -0.132. The fourth-order valence-corrected chi connectivity index (χ4v) is 5.01. The molecule has 0 saturated carbocycles. The Morgan fingerprint density at radius 3 is 2.76 bits per heavy atom. The number of nitrogens with one attached hydrogen (secondary N) is 1. The Bertz CT molecular complexity index is 823. The normalized spacial score (nSPS) is 22.7. The standard InChI is InChI=1S/C24H32N4O/c1-18(2)28-21-9-10-22(28)17-27(24(29)14-19-6-5-12-25-15-19)16-20-7-3-4-8-23(20)26-13-11-21/h3-8,12,15,18,21-22,26H,9-11,13-14,16-17H2,1-2H3/t21-,22+/m1/s1. The maximum atomic E-state index is 13.3. The minimum absolute atomic E-state index is 0.180. The van der Waals surface area contributed by atoms with Gasteiger partial charge in [-0.05, 0) is 56.4 Å². The zero-order chi connectivity index (χ0) is 20.2. The van der Waals surface area contributed by atoms with Crippen LogP contribution in [0.1, 0.15) is 44.2 Å². The van der Waals surface area contributed by atoms with Gasteiger partial charge >= 0.3 is 0 Å². The predicted octanol–water partition coefficient (Wildman–Crippen LogP) is 3.71. The summed E-state index contributed by atoms with van der Waals surface area (Å²) in [5.74, 6) is 0.180. The fraction of sp³-hybridized carbons (Fsp3) is 0.500. The molecule has 0 radical (unpaired) electrons. The van der Waals surface area contributed by atoms with Gasteiger partial charge in [0.05, 0.1) is 6.42 Å². The van der Waals surface area contributed by atoms with Gasteiger partial charge in [0.2, 0.25) is 5.91 Å². The van der Waals surface area contributed by atoms with Crippen molar-refractivity contribution in [1.29, 1.82) is 0 Å². The smallest absolute Gasteiger partial charge is 0.227 e. The van der Waals surface area contributed by atoms with E-state index in [1.54, 1.807) is 12.4 Å². The van der Waals surface area contributed by atoms with E-state index < -0.39 is 0 Å². The molecule has 2 aliphatic heterocycles. The Morgan fingerprint density at radius 2 is 1.97 bits per heavy atom. The van der Waals surface area contributed by atoms with Crippen molar-refractivity contribution in [3.8, 4) is 0 Å². The van der Waals surface area contributed by atoms with Crippen LogP contribution in [-0.2, 0) is 17.8 Å². The van der Waals surface area contributed by atoms with Crippen molar-refractivity contribution in [2.24, 2.45) is 0 Å². The lowest BCUT2D eigenvalue weighted by Gasteiger charge is -2.36. The van der Waals surface area contributed by atoms with Crippen molar-refractivity contribution in [2.45, 2.75) is 64.2 Å². The second-order valence-corrected chi connectivity index (χ2v) is 8.61. The number of rotatable bonds is 3. The van der Waals surface area contributed by atoms with E-state index in [-0.39, 0.29) is 5.91 Å². The Labute approximate surface area is 174 Å². The third-order valence-electron chi connectivity index (χ3n) is 6.31. The maximum absolute atomic E-state index is 13.3. The summed E-state index contributed by atoms with van der Waals surface area (Å²) < 4.78 is 0. The number of amides is 1. The number of anilines is 1. The van der Waals surface area contributed by atoms with Crippen molar-refractivity contribution >= 4 is 11.6 Å². The Balaban J connectivity index is 1.62. The monoisotopic (exact) mass is 392 g/mol. The third kappa shape index (κ3) is 4.61. The molecule has 0 unspecified atom stereocenters. The van der Waals surface area contributed by atoms with E-state index in [0.29, 0.717) is 31.1 Å². The van der Waals surface area contributed by atoms with Crippen molar-refractivity contribution in [3.05, 3.63) is 59.9 Å². The summed E-state index contributed by atoms with van der Waals surface area (Å²) >= 11 is 0. The number of carbonyl (C=O) groups is 1. The molecular formula is C24H32N4O. The van der Waals surface area contributed by atoms with Gasteiger partial charge in [-0.3, -0.25) is 14.7 Å². The third-order valence-corrected chi connectivity index (χ3v) is 6.31. The van der Waals surface area contributed by atoms with Crippen LogP contribution in [0.5, 0.6) is 0 Å². The Morgan fingerprint density at radius 1 is 1.14 bits per heavy atom. The van der Waals surface area contributed by atoms with Crippen LogP contribution in [-0.4, -0.2) is 51.9 Å². The van der Waals surface area contributed by atoms with Crippen molar-refractivity contribution in [1.82, 2.24) is 14.8 Å². The first-order valence-electron chi connectivity index (χ1n) is 10.9. The van der Waals surface area contributed by atoms with E-state index in [1.807, 2.05) is 12.1 Å². The first-order valence-corrected chi connectivity index (χ1v) is 10.9. The van der Waals surface area contributed by atoms with Gasteiger partial charge < -0.3 is 10.2 Å². The van der Waals surface area contributed by atoms with E-state index in [9.17, 15) is 4.79 Å². The Kier molecular flexibility index (Phi) is 6.14. The molecule has 2 bridgehead atoms. The second kappa shape index (κ2) is 8.95. The molecule has 1 saturated heterocycles. The highest BCUT2D eigenvalue weighted by Gasteiger charge is 2.36. The van der Waals surface area contributed by atoms with E-state index >= 15 is 0 Å². The molecule has 0 spiro atoms. The SMILES string of the molecule is CC(C)N1[C@H]2CCNc3ccccc3CN(C(=O)Cc3cccnc3)C[C@@H]1CC2. The minimum Gasteiger partial charge on any atom is -0.385 e. The number of benzene rings is 1. The number of nitrogens with zero attached hydrogens (tertiary/aromatic N) is 3. The number of pyridine rings is 1. The lowest BCUT2D eigenvalue weighted by Crippen LogP contribution is -2.48. The molecule has 1 N–H and O–H groups in total. The lowest BCUT2D eigenvalue weighted by atomic mass is 10.1. The molecule has 0 aliphatic carbocycles. The molecule has 1 amide bonds. The number of fused-ring (bicyclic) bond motifs is 3. The number of hydrogen-bond donors (Lipinski definition) is 1. The van der Waals surface area contributed by atoms with Gasteiger partial charge in [-0.1, -0.05) is 24.3 Å². The van der Waals surface area contributed by atoms with E-state index in [0.717, 1.165) is 30.8 Å². The summed E-state index contributed by atoms with van der Waals surface area (Å²) in [5, 5.41) is 3.64. The largest absolute Gasteiger partial charge is 0.385 e. The molecule has 5 nitrogen and oxygen atoms in total. The summed E-state index contributed by atoms with van der Waals surface area (Å²) in [6.07, 6.45) is 7.49. The van der Waals surface area contributed by atoms with Gasteiger partial charge in [0.1, 0.15) is 0 Å². The quantitative estimate of drug-likeness (QED) is 0.865. The molecule has 29 heavy (non-hydrogen) atoms. The fourth-order valence-electron chi connectivity index (χ4n) is 5.01. The van der Waals surface area contributed by atoms with Gasteiger partial charge in [-0.2, -0.15) is 0 Å². The molecule has 1 fully saturated rings. The number of para-hydroxylation sites is 1. The van der Waals surface area contributed by atoms with Gasteiger partial charge in [0.25, 0.3) is 0 Å². The number of aromatic nitrogens is 1. The van der Waals surface area contributed by atoms with Crippen LogP contribution in [0.15, 0.2) is 48.8 Å². The first-order chi connectivity index (χ1) is 14.1. The highest BCUT2D eigenvalue weighted by Crippen LogP contribution is 2.31. The van der Waals surface area contributed by atoms with Crippen molar-refractivity contribution < 1.29 is 4.79 Å². The molecule has 2 atom stereocenters. The second-order valence-electron chi connectivity index (χ2n) is 8.61. The maximum Gasteiger partial charge on any atom is 0.227 e. The van der Waals surface area contributed by atoms with Crippen LogP contribution in [0.25, 0.3) is 0 Å². The summed E-state index contributed by atoms with van der Waals surface area (Å²) in [4.78, 5) is 22.2. The molecule has 3 heterocycles. The molecule has 5 heteroatoms. The van der Waals surface area contributed by atoms with E-state index in [2.05, 4.69) is 58.2 Å². The van der Waals surface area contributed by atoms with Crippen LogP contribution in [0.2, 0.25) is 0 Å². The van der Waals surface area contributed by atoms with Crippen molar-refractivity contribution in [3.63, 3.8) is 0 Å². The molecule has 1 aromatic carbocycles. The number of hydrogen-bond acceptors (Lipinski definition) is 4. The highest BCUT2D eigenvalue weighted by molar-refractivity contribution is 5.79. The van der Waals surface area contributed by atoms with Crippen LogP contribution in [0, 0.1) is 0 Å². The van der Waals surface area contributed by atoms with Gasteiger partial charge in [0.15, 0.2) is 0 Å². The molecule has 2 aromatic rings. The first kappa shape index (κ1) is 19.9. The van der Waals surface area contributed by atoms with Gasteiger partial charge in [-0.15, -0.1) is 0 Å². The topological polar surface area (TPSA) is 48.5 Å². The predicted molar refractivity (Wildman–Crippen MR) is 117 cm³/mol. The van der Waals surface area contributed by atoms with Gasteiger partial charge in [-0.25, -0.2) is 0 Å². The van der Waals surface area contributed by atoms with Crippen LogP contribution in [0.4, 0.5) is 5.69 Å². The Hall–Kier alpha value is -2.40. The summed E-state index contributed by atoms with van der Waals surface area (Å²) in [6, 6.07) is 13.8. The molecule has 2 aliphatic rings. The molecular weight excluding hydrogens is 360 g/mol. The summed E-state index contributed by atoms with van der Waals surface area (Å²) in [5.41, 5.74) is 3.32. The number of carbonyl (C=O) groups excluding carboxylic acids is 1. The van der Waals surface area contributed by atoms with E-state index in [4.69, 9.17) is 0 Å². The van der Waals surface area contributed by atoms with Crippen LogP contribution >= 0.6 is 0 Å². The van der Waals surface area contributed by atoms with E-state index in [1.165, 1.54) is 18.4 Å². The zero-order valence-electron chi connectivity index (χ0n) is 17.6. The highest BCUT2D eigenvalue weighted by atomic mass is 16.2. The average Bonchev–Trinajstić information content (AvgIpc) is 3.10. The molecule has 4 rings (SSSR count). The molecule has 1 aromatic heterocycles. The summed E-state index contributed by atoms with van der Waals surface area (Å²) in [7, 11) is 0. The van der Waals surface area contributed by atoms with Crippen LogP contribution < -0.4 is 5.32 Å². The minimum atomic E-state index is 0.180. The van der Waals surface area contributed by atoms with Crippen molar-refractivity contribution in [2.75, 3.05) is 18.4 Å². The van der Waals surface area contributed by atoms with Crippen LogP contribution in [0.3, 0.4) is 0 Å².